The Morgan fingerprint density at radius 1 is 0.900 bits per heavy atom. The number of benzene rings is 2. The van der Waals surface area contributed by atoms with Crippen molar-refractivity contribution < 1.29 is 23.8 Å². The number of carbonyl (C=O) groups is 2. The van der Waals surface area contributed by atoms with Crippen LogP contribution in [0.25, 0.3) is 0 Å². The van der Waals surface area contributed by atoms with Crippen molar-refractivity contribution in [1.29, 1.82) is 0 Å². The normalized spacial score (nSPS) is 10.5. The van der Waals surface area contributed by atoms with E-state index in [0.29, 0.717) is 29.5 Å². The van der Waals surface area contributed by atoms with Gasteiger partial charge < -0.3 is 24.4 Å². The minimum atomic E-state index is -0.276. The van der Waals surface area contributed by atoms with E-state index in [1.54, 1.807) is 52.6 Å². The monoisotopic (exact) mass is 415 g/mol. The van der Waals surface area contributed by atoms with E-state index in [2.05, 4.69) is 5.32 Å². The maximum Gasteiger partial charge on any atom is 0.243 e. The van der Waals surface area contributed by atoms with E-state index in [4.69, 9.17) is 14.2 Å². The third-order valence-corrected chi connectivity index (χ3v) is 4.47. The molecule has 2 amide bonds. The second-order valence-corrected chi connectivity index (χ2v) is 6.89. The largest absolute Gasteiger partial charge is 0.497 e. The second kappa shape index (κ2) is 11.1. The molecule has 8 nitrogen and oxygen atoms in total. The first-order valence-electron chi connectivity index (χ1n) is 9.43. The predicted octanol–water partition coefficient (Wildman–Crippen LogP) is 2.24. The standard InChI is InChI=1S/C22H29N3O5/c1-24(13-16-9-10-19(29-4)20(11-16)30-5)15-22(27)25(2)14-21(26)23-17-7-6-8-18(12-17)28-3/h6-12H,13-15H2,1-5H3,(H,23,26). The minimum Gasteiger partial charge on any atom is -0.497 e. The molecule has 0 aliphatic heterocycles. The number of methoxy groups -OCH3 is 3. The molecule has 0 saturated heterocycles. The van der Waals surface area contributed by atoms with Gasteiger partial charge >= 0.3 is 0 Å². The van der Waals surface area contributed by atoms with Crippen LogP contribution in [-0.4, -0.2) is 70.1 Å². The zero-order valence-electron chi connectivity index (χ0n) is 18.1. The van der Waals surface area contributed by atoms with Gasteiger partial charge in [-0.25, -0.2) is 0 Å². The maximum atomic E-state index is 12.5. The Bertz CT molecular complexity index is 872. The molecule has 0 radical (unpaired) electrons. The number of hydrogen-bond acceptors (Lipinski definition) is 6. The number of nitrogens with one attached hydrogen (secondary N) is 1. The third kappa shape index (κ3) is 6.66. The lowest BCUT2D eigenvalue weighted by molar-refractivity contribution is -0.134. The van der Waals surface area contributed by atoms with Crippen molar-refractivity contribution >= 4 is 17.5 Å². The number of hydrogen-bond donors (Lipinski definition) is 1. The Labute approximate surface area is 177 Å². The highest BCUT2D eigenvalue weighted by Crippen LogP contribution is 2.27. The first-order chi connectivity index (χ1) is 14.4. The first-order valence-corrected chi connectivity index (χ1v) is 9.43. The molecule has 2 aromatic rings. The van der Waals surface area contributed by atoms with Crippen LogP contribution in [0, 0.1) is 0 Å². The Morgan fingerprint density at radius 3 is 2.30 bits per heavy atom. The van der Waals surface area contributed by atoms with Gasteiger partial charge in [0.15, 0.2) is 11.5 Å². The maximum absolute atomic E-state index is 12.5. The summed E-state index contributed by atoms with van der Waals surface area (Å²) in [6.45, 7) is 0.688. The molecule has 162 valence electrons. The summed E-state index contributed by atoms with van der Waals surface area (Å²) in [5, 5.41) is 2.77. The molecule has 0 atom stereocenters. The molecular weight excluding hydrogens is 386 g/mol. The van der Waals surface area contributed by atoms with Crippen molar-refractivity contribution in [3.05, 3.63) is 48.0 Å². The van der Waals surface area contributed by atoms with Gasteiger partial charge in [0.2, 0.25) is 11.8 Å². The van der Waals surface area contributed by atoms with Crippen LogP contribution in [0.2, 0.25) is 0 Å². The quantitative estimate of drug-likeness (QED) is 0.641. The van der Waals surface area contributed by atoms with Gasteiger partial charge in [0.1, 0.15) is 5.75 Å². The lowest BCUT2D eigenvalue weighted by Crippen LogP contribution is -2.40. The molecule has 0 unspecified atom stereocenters. The third-order valence-electron chi connectivity index (χ3n) is 4.47. The smallest absolute Gasteiger partial charge is 0.243 e. The number of anilines is 1. The minimum absolute atomic E-state index is 0.0414. The van der Waals surface area contributed by atoms with Gasteiger partial charge in [-0.05, 0) is 36.9 Å². The molecule has 0 fully saturated rings. The Hall–Kier alpha value is -3.26. The summed E-state index contributed by atoms with van der Waals surface area (Å²) in [6, 6.07) is 12.7. The van der Waals surface area contributed by atoms with Crippen LogP contribution in [0.15, 0.2) is 42.5 Å². The van der Waals surface area contributed by atoms with Crippen LogP contribution in [0.1, 0.15) is 5.56 Å². The van der Waals surface area contributed by atoms with Gasteiger partial charge in [-0.15, -0.1) is 0 Å². The van der Waals surface area contributed by atoms with E-state index in [9.17, 15) is 9.59 Å². The van der Waals surface area contributed by atoms with Gasteiger partial charge in [0, 0.05) is 25.3 Å². The summed E-state index contributed by atoms with van der Waals surface area (Å²) in [5.74, 6) is 1.51. The summed E-state index contributed by atoms with van der Waals surface area (Å²) in [7, 11) is 8.19. The number of likely N-dealkylation sites (N-methyl/N-ethyl adjacent to an activating group) is 2. The van der Waals surface area contributed by atoms with E-state index in [1.807, 2.05) is 30.1 Å². The molecule has 0 heterocycles. The molecule has 30 heavy (non-hydrogen) atoms. The van der Waals surface area contributed by atoms with Crippen LogP contribution in [0.3, 0.4) is 0 Å². The van der Waals surface area contributed by atoms with Crippen molar-refractivity contribution in [3.8, 4) is 17.2 Å². The molecule has 0 bridgehead atoms. The molecule has 0 aromatic heterocycles. The zero-order chi connectivity index (χ0) is 22.1. The second-order valence-electron chi connectivity index (χ2n) is 6.89. The average molecular weight is 415 g/mol. The summed E-state index contributed by atoms with van der Waals surface area (Å²) in [5.41, 5.74) is 1.60. The molecule has 8 heteroatoms. The molecule has 1 N–H and O–H groups in total. The number of nitrogens with zero attached hydrogens (tertiary/aromatic N) is 2. The topological polar surface area (TPSA) is 80.3 Å². The first kappa shape index (κ1) is 23.0. The summed E-state index contributed by atoms with van der Waals surface area (Å²) in [4.78, 5) is 28.0. The lowest BCUT2D eigenvalue weighted by atomic mass is 10.2. The van der Waals surface area contributed by atoms with Crippen LogP contribution < -0.4 is 19.5 Å². The molecule has 2 rings (SSSR count). The van der Waals surface area contributed by atoms with E-state index < -0.39 is 0 Å². The Kier molecular flexibility index (Phi) is 8.49. The van der Waals surface area contributed by atoms with Crippen LogP contribution >= 0.6 is 0 Å². The van der Waals surface area contributed by atoms with Crippen LogP contribution in [-0.2, 0) is 16.1 Å². The molecule has 2 aromatic carbocycles. The van der Waals surface area contributed by atoms with E-state index in [1.165, 1.54) is 4.90 Å². The van der Waals surface area contributed by atoms with Crippen molar-refractivity contribution in [3.63, 3.8) is 0 Å². The number of rotatable bonds is 10. The average Bonchev–Trinajstić information content (AvgIpc) is 2.73. The summed E-state index contributed by atoms with van der Waals surface area (Å²) >= 11 is 0. The molecule has 0 spiro atoms. The van der Waals surface area contributed by atoms with Gasteiger partial charge in [0.25, 0.3) is 0 Å². The van der Waals surface area contributed by atoms with Gasteiger partial charge in [-0.2, -0.15) is 0 Å². The van der Waals surface area contributed by atoms with Gasteiger partial charge in [-0.1, -0.05) is 12.1 Å². The van der Waals surface area contributed by atoms with Crippen molar-refractivity contribution in [2.24, 2.45) is 0 Å². The van der Waals surface area contributed by atoms with Crippen molar-refractivity contribution in [1.82, 2.24) is 9.80 Å². The van der Waals surface area contributed by atoms with E-state index >= 15 is 0 Å². The van der Waals surface area contributed by atoms with Crippen molar-refractivity contribution in [2.75, 3.05) is 53.8 Å². The SMILES string of the molecule is COc1cccc(NC(=O)CN(C)C(=O)CN(C)Cc2ccc(OC)c(OC)c2)c1. The number of carbonyl (C=O) groups excluding carboxylic acids is 2. The highest BCUT2D eigenvalue weighted by molar-refractivity contribution is 5.94. The number of amides is 2. The molecule has 0 saturated carbocycles. The van der Waals surface area contributed by atoms with Crippen LogP contribution in [0.4, 0.5) is 5.69 Å². The highest BCUT2D eigenvalue weighted by Gasteiger charge is 2.16. The molecule has 0 aliphatic carbocycles. The molecule has 0 aliphatic rings. The Morgan fingerprint density at radius 2 is 1.63 bits per heavy atom. The fourth-order valence-electron chi connectivity index (χ4n) is 2.90. The fourth-order valence-corrected chi connectivity index (χ4v) is 2.90. The van der Waals surface area contributed by atoms with E-state index in [-0.39, 0.29) is 24.9 Å². The van der Waals surface area contributed by atoms with Gasteiger partial charge in [0.05, 0.1) is 34.4 Å². The fraction of sp³-hybridized carbons (Fsp3) is 0.364. The van der Waals surface area contributed by atoms with Crippen LogP contribution in [0.5, 0.6) is 17.2 Å². The Balaban J connectivity index is 1.86. The highest BCUT2D eigenvalue weighted by atomic mass is 16.5. The zero-order valence-corrected chi connectivity index (χ0v) is 18.1. The summed E-state index contributed by atoms with van der Waals surface area (Å²) < 4.78 is 15.7. The summed E-state index contributed by atoms with van der Waals surface area (Å²) in [6.07, 6.45) is 0. The molecular formula is C22H29N3O5. The van der Waals surface area contributed by atoms with Gasteiger partial charge in [-0.3, -0.25) is 14.5 Å². The lowest BCUT2D eigenvalue weighted by Gasteiger charge is -2.22. The number of ether oxygens (including phenoxy) is 3. The predicted molar refractivity (Wildman–Crippen MR) is 115 cm³/mol. The van der Waals surface area contributed by atoms with Crippen molar-refractivity contribution in [2.45, 2.75) is 6.54 Å². The van der Waals surface area contributed by atoms with E-state index in [0.717, 1.165) is 5.56 Å².